The van der Waals surface area contributed by atoms with Gasteiger partial charge in [-0.05, 0) is 88.4 Å². The maximum absolute atomic E-state index is 13.5. The topological polar surface area (TPSA) is 97.3 Å². The highest BCUT2D eigenvalue weighted by Crippen LogP contribution is 2.37. The summed E-state index contributed by atoms with van der Waals surface area (Å²) in [5.74, 6) is 0.416. The lowest BCUT2D eigenvalue weighted by atomic mass is 10.1. The number of amides is 1. The minimum Gasteiger partial charge on any atom is -0.493 e. The quantitative estimate of drug-likeness (QED) is 0.161. The van der Waals surface area contributed by atoms with Crippen LogP contribution >= 0.6 is 15.9 Å². The molecule has 0 aromatic heterocycles. The lowest BCUT2D eigenvalue weighted by molar-refractivity contribution is -0.119. The highest BCUT2D eigenvalue weighted by Gasteiger charge is 2.27. The average molecular weight is 637 g/mol. The summed E-state index contributed by atoms with van der Waals surface area (Å²) in [6, 6.07) is 26.7. The molecule has 0 bridgehead atoms. The number of hydrogen-bond acceptors (Lipinski definition) is 6. The van der Waals surface area contributed by atoms with E-state index in [2.05, 4.69) is 26.5 Å². The molecule has 0 spiro atoms. The van der Waals surface area contributed by atoms with Gasteiger partial charge in [0.2, 0.25) is 0 Å². The normalized spacial score (nSPS) is 11.3. The fraction of sp³-hybridized carbons (Fsp3) is 0.161. The molecule has 0 unspecified atom stereocenters. The summed E-state index contributed by atoms with van der Waals surface area (Å²) in [6.07, 6.45) is 1.44. The second-order valence-corrected chi connectivity index (χ2v) is 12.0. The van der Waals surface area contributed by atoms with Gasteiger partial charge in [-0.25, -0.2) is 13.8 Å². The number of carbonyl (C=O) groups is 1. The number of aryl methyl sites for hydroxylation is 2. The van der Waals surface area contributed by atoms with Crippen molar-refractivity contribution in [3.63, 3.8) is 0 Å². The van der Waals surface area contributed by atoms with E-state index in [1.807, 2.05) is 50.2 Å². The summed E-state index contributed by atoms with van der Waals surface area (Å²) in [6.45, 7) is 3.65. The van der Waals surface area contributed by atoms with E-state index >= 15 is 0 Å². The van der Waals surface area contributed by atoms with Crippen LogP contribution in [0.4, 0.5) is 5.69 Å². The molecule has 0 aliphatic carbocycles. The minimum atomic E-state index is -4.02. The van der Waals surface area contributed by atoms with E-state index in [1.54, 1.807) is 42.5 Å². The number of hydrogen-bond donors (Lipinski definition) is 1. The summed E-state index contributed by atoms with van der Waals surface area (Å²) in [5.41, 5.74) is 6.23. The number of hydrazone groups is 1. The lowest BCUT2D eigenvalue weighted by Crippen LogP contribution is -2.39. The maximum Gasteiger partial charge on any atom is 0.264 e. The SMILES string of the molecule is COc1cc(/C=N\NC(=O)CN(c2cc(C)cc(C)c2)S(=O)(=O)c2ccccc2)cc(Br)c1OCc1ccccc1. The molecule has 0 radical (unpaired) electrons. The Morgan fingerprint density at radius 2 is 1.59 bits per heavy atom. The van der Waals surface area contributed by atoms with Crippen LogP contribution < -0.4 is 19.2 Å². The van der Waals surface area contributed by atoms with Gasteiger partial charge in [-0.3, -0.25) is 9.10 Å². The molecular weight excluding hydrogens is 606 g/mol. The van der Waals surface area contributed by atoms with Crippen LogP contribution in [0.1, 0.15) is 22.3 Å². The van der Waals surface area contributed by atoms with Crippen LogP contribution in [0, 0.1) is 13.8 Å². The number of ether oxygens (including phenoxy) is 2. The lowest BCUT2D eigenvalue weighted by Gasteiger charge is -2.24. The zero-order chi connectivity index (χ0) is 29.4. The Bertz CT molecular complexity index is 1630. The molecule has 1 amide bonds. The third-order valence-corrected chi connectivity index (χ3v) is 8.37. The van der Waals surface area contributed by atoms with Crippen molar-refractivity contribution < 1.29 is 22.7 Å². The molecule has 4 aromatic carbocycles. The molecule has 0 saturated carbocycles. The number of benzene rings is 4. The molecule has 0 fully saturated rings. The van der Waals surface area contributed by atoms with E-state index < -0.39 is 22.5 Å². The zero-order valence-corrected chi connectivity index (χ0v) is 25.3. The van der Waals surface area contributed by atoms with Crippen molar-refractivity contribution in [3.8, 4) is 11.5 Å². The maximum atomic E-state index is 13.5. The molecule has 8 nitrogen and oxygen atoms in total. The third-order valence-electron chi connectivity index (χ3n) is 5.99. The average Bonchev–Trinajstić information content (AvgIpc) is 2.95. The Morgan fingerprint density at radius 3 is 2.22 bits per heavy atom. The van der Waals surface area contributed by atoms with Gasteiger partial charge in [-0.15, -0.1) is 0 Å². The van der Waals surface area contributed by atoms with Crippen LogP contribution in [0.2, 0.25) is 0 Å². The van der Waals surface area contributed by atoms with Gasteiger partial charge in [0.15, 0.2) is 11.5 Å². The predicted molar refractivity (Wildman–Crippen MR) is 164 cm³/mol. The fourth-order valence-electron chi connectivity index (χ4n) is 4.16. The smallest absolute Gasteiger partial charge is 0.264 e. The van der Waals surface area contributed by atoms with Gasteiger partial charge >= 0.3 is 0 Å². The standard InChI is InChI=1S/C31H30BrN3O5S/c1-22-14-23(2)16-26(15-22)35(41(37,38)27-12-8-5-9-13-27)20-30(36)34-33-19-25-17-28(32)31(29(18-25)39-3)40-21-24-10-6-4-7-11-24/h4-19H,20-21H2,1-3H3,(H,34,36)/b33-19-. The first-order chi connectivity index (χ1) is 19.7. The molecule has 4 aromatic rings. The number of anilines is 1. The zero-order valence-electron chi connectivity index (χ0n) is 22.9. The molecule has 0 saturated heterocycles. The molecule has 0 heterocycles. The third kappa shape index (κ3) is 7.74. The summed E-state index contributed by atoms with van der Waals surface area (Å²) < 4.78 is 40.3. The van der Waals surface area contributed by atoms with E-state index in [4.69, 9.17) is 9.47 Å². The van der Waals surface area contributed by atoms with Gasteiger partial charge in [-0.2, -0.15) is 5.10 Å². The van der Waals surface area contributed by atoms with Crippen LogP contribution in [0.25, 0.3) is 0 Å². The van der Waals surface area contributed by atoms with Crippen LogP contribution in [0.15, 0.2) is 105 Å². The van der Waals surface area contributed by atoms with Crippen LogP contribution in [-0.2, 0) is 21.4 Å². The number of sulfonamides is 1. The Morgan fingerprint density at radius 1 is 0.951 bits per heavy atom. The van der Waals surface area contributed by atoms with Crippen LogP contribution in [0.3, 0.4) is 0 Å². The van der Waals surface area contributed by atoms with Gasteiger partial charge < -0.3 is 9.47 Å². The van der Waals surface area contributed by atoms with Gasteiger partial charge in [0, 0.05) is 0 Å². The first kappa shape index (κ1) is 29.8. The molecule has 41 heavy (non-hydrogen) atoms. The Balaban J connectivity index is 1.50. The molecule has 0 aliphatic rings. The summed E-state index contributed by atoms with van der Waals surface area (Å²) in [5, 5.41) is 4.05. The number of methoxy groups -OCH3 is 1. The van der Waals surface area contributed by atoms with Gasteiger partial charge in [-0.1, -0.05) is 54.6 Å². The van der Waals surface area contributed by atoms with Crippen molar-refractivity contribution >= 4 is 43.8 Å². The number of nitrogens with one attached hydrogen (secondary N) is 1. The van der Waals surface area contributed by atoms with E-state index in [0.29, 0.717) is 33.8 Å². The van der Waals surface area contributed by atoms with E-state index in [9.17, 15) is 13.2 Å². The van der Waals surface area contributed by atoms with Crippen molar-refractivity contribution in [2.24, 2.45) is 5.10 Å². The molecular formula is C31H30BrN3O5S. The highest BCUT2D eigenvalue weighted by molar-refractivity contribution is 9.10. The molecule has 10 heteroatoms. The summed E-state index contributed by atoms with van der Waals surface area (Å²) in [7, 11) is -2.48. The van der Waals surface area contributed by atoms with Gasteiger partial charge in [0.1, 0.15) is 13.2 Å². The van der Waals surface area contributed by atoms with Crippen molar-refractivity contribution in [2.75, 3.05) is 18.0 Å². The number of rotatable bonds is 11. The summed E-state index contributed by atoms with van der Waals surface area (Å²) in [4.78, 5) is 13.0. The van der Waals surface area contributed by atoms with E-state index in [1.165, 1.54) is 25.5 Å². The minimum absolute atomic E-state index is 0.0852. The molecule has 0 aliphatic heterocycles. The molecule has 4 rings (SSSR count). The largest absolute Gasteiger partial charge is 0.493 e. The van der Waals surface area contributed by atoms with Crippen molar-refractivity contribution in [1.82, 2.24) is 5.43 Å². The van der Waals surface area contributed by atoms with Gasteiger partial charge in [0.05, 0.1) is 28.4 Å². The molecule has 0 atom stereocenters. The fourth-order valence-corrected chi connectivity index (χ4v) is 6.16. The van der Waals surface area contributed by atoms with Crippen molar-refractivity contribution in [2.45, 2.75) is 25.3 Å². The Hall–Kier alpha value is -4.15. The van der Waals surface area contributed by atoms with Crippen LogP contribution in [0.5, 0.6) is 11.5 Å². The first-order valence-electron chi connectivity index (χ1n) is 12.7. The second-order valence-electron chi connectivity index (χ2n) is 9.27. The Labute approximate surface area is 248 Å². The van der Waals surface area contributed by atoms with Gasteiger partial charge in [0.25, 0.3) is 15.9 Å². The van der Waals surface area contributed by atoms with Crippen molar-refractivity contribution in [3.05, 3.63) is 118 Å². The first-order valence-corrected chi connectivity index (χ1v) is 14.9. The summed E-state index contributed by atoms with van der Waals surface area (Å²) >= 11 is 3.52. The monoisotopic (exact) mass is 635 g/mol. The number of nitrogens with zero attached hydrogens (tertiary/aromatic N) is 2. The molecule has 1 N–H and O–H groups in total. The predicted octanol–water partition coefficient (Wildman–Crippen LogP) is 6.00. The van der Waals surface area contributed by atoms with Crippen LogP contribution in [-0.4, -0.2) is 34.2 Å². The Kier molecular flexibility index (Phi) is 9.80. The molecule has 212 valence electrons. The van der Waals surface area contributed by atoms with Crippen molar-refractivity contribution in [1.29, 1.82) is 0 Å². The second kappa shape index (κ2) is 13.5. The van der Waals surface area contributed by atoms with E-state index in [0.717, 1.165) is 21.0 Å². The number of halogens is 1. The highest BCUT2D eigenvalue weighted by atomic mass is 79.9. The number of carbonyl (C=O) groups excluding carboxylic acids is 1. The van der Waals surface area contributed by atoms with E-state index in [-0.39, 0.29) is 4.90 Å².